The molecule has 0 unspecified atom stereocenters. The number of rotatable bonds is 5. The predicted molar refractivity (Wildman–Crippen MR) is 96.1 cm³/mol. The highest BCUT2D eigenvalue weighted by atomic mass is 16.7. The van der Waals surface area contributed by atoms with Gasteiger partial charge in [0, 0.05) is 5.94 Å². The van der Waals surface area contributed by atoms with Crippen molar-refractivity contribution < 1.29 is 9.31 Å². The lowest BCUT2D eigenvalue weighted by atomic mass is 9.75. The van der Waals surface area contributed by atoms with Crippen molar-refractivity contribution in [2.45, 2.75) is 103 Å². The van der Waals surface area contributed by atoms with Crippen molar-refractivity contribution in [2.75, 3.05) is 0 Å². The van der Waals surface area contributed by atoms with Crippen molar-refractivity contribution in [3.05, 3.63) is 0 Å². The standard InChI is InChI=1S/C19H36BNO2/c1-14(2)13-17(21)20-22-18(15-9-5-3-6-10-15)19(23-20)16-11-7-4-8-12-16/h14-19H,3-13,21H2,1-2H3/t17-,18-,19-/m1/s1. The Morgan fingerprint density at radius 1 is 0.826 bits per heavy atom. The topological polar surface area (TPSA) is 44.5 Å². The first-order chi connectivity index (χ1) is 11.1. The SMILES string of the molecule is CC(C)C[C@@H](N)B1O[C@H](C2CCCCC2)[C@@H](C2CCCCC2)O1. The molecule has 2 N–H and O–H groups in total. The summed E-state index contributed by atoms with van der Waals surface area (Å²) >= 11 is 0. The Balaban J connectivity index is 1.67. The zero-order valence-electron chi connectivity index (χ0n) is 15.2. The van der Waals surface area contributed by atoms with Crippen LogP contribution >= 0.6 is 0 Å². The maximum absolute atomic E-state index is 6.48. The van der Waals surface area contributed by atoms with E-state index in [9.17, 15) is 0 Å². The fourth-order valence-corrected chi connectivity index (χ4v) is 5.04. The minimum atomic E-state index is -0.170. The van der Waals surface area contributed by atoms with Crippen LogP contribution in [-0.4, -0.2) is 25.3 Å². The van der Waals surface area contributed by atoms with Gasteiger partial charge < -0.3 is 15.0 Å². The molecule has 0 aromatic heterocycles. The summed E-state index contributed by atoms with van der Waals surface area (Å²) in [6.45, 7) is 4.46. The molecule has 23 heavy (non-hydrogen) atoms. The van der Waals surface area contributed by atoms with Crippen LogP contribution < -0.4 is 5.73 Å². The molecule has 0 aromatic carbocycles. The molecule has 3 fully saturated rings. The van der Waals surface area contributed by atoms with Crippen LogP contribution in [0.5, 0.6) is 0 Å². The fraction of sp³-hybridized carbons (Fsp3) is 1.00. The summed E-state index contributed by atoms with van der Waals surface area (Å²) in [6, 6.07) is 0. The number of hydrogen-bond acceptors (Lipinski definition) is 3. The highest BCUT2D eigenvalue weighted by Crippen LogP contribution is 2.40. The highest BCUT2D eigenvalue weighted by Gasteiger charge is 2.48. The Morgan fingerprint density at radius 3 is 1.65 bits per heavy atom. The fourth-order valence-electron chi connectivity index (χ4n) is 5.04. The molecule has 0 bridgehead atoms. The third kappa shape index (κ3) is 4.52. The molecule has 1 heterocycles. The van der Waals surface area contributed by atoms with Crippen LogP contribution in [0.1, 0.15) is 84.5 Å². The molecule has 0 spiro atoms. The predicted octanol–water partition coefficient (Wildman–Crippen LogP) is 4.33. The van der Waals surface area contributed by atoms with Crippen molar-refractivity contribution in [1.82, 2.24) is 0 Å². The molecule has 3 nitrogen and oxygen atoms in total. The number of nitrogens with two attached hydrogens (primary N) is 1. The van der Waals surface area contributed by atoms with Crippen molar-refractivity contribution in [3.8, 4) is 0 Å². The van der Waals surface area contributed by atoms with Crippen LogP contribution in [0.25, 0.3) is 0 Å². The molecule has 0 aromatic rings. The zero-order valence-corrected chi connectivity index (χ0v) is 15.2. The van der Waals surface area contributed by atoms with Crippen LogP contribution in [-0.2, 0) is 9.31 Å². The van der Waals surface area contributed by atoms with E-state index in [1.807, 2.05) is 0 Å². The smallest absolute Gasteiger partial charge is 0.404 e. The van der Waals surface area contributed by atoms with Gasteiger partial charge in [-0.1, -0.05) is 52.4 Å². The molecule has 3 aliphatic rings. The molecule has 1 aliphatic heterocycles. The van der Waals surface area contributed by atoms with Gasteiger partial charge in [-0.3, -0.25) is 0 Å². The second-order valence-corrected chi connectivity index (χ2v) is 8.66. The molecule has 3 rings (SSSR count). The summed E-state index contributed by atoms with van der Waals surface area (Å²) in [5.41, 5.74) is 6.41. The summed E-state index contributed by atoms with van der Waals surface area (Å²) in [4.78, 5) is 0. The van der Waals surface area contributed by atoms with Crippen molar-refractivity contribution in [3.63, 3.8) is 0 Å². The van der Waals surface area contributed by atoms with E-state index in [0.717, 1.165) is 6.42 Å². The Kier molecular flexibility index (Phi) is 6.45. The molecule has 0 amide bonds. The third-order valence-corrected chi connectivity index (χ3v) is 6.23. The average molecular weight is 321 g/mol. The second-order valence-electron chi connectivity index (χ2n) is 8.66. The zero-order chi connectivity index (χ0) is 16.2. The average Bonchev–Trinajstić information content (AvgIpc) is 3.01. The van der Waals surface area contributed by atoms with E-state index in [4.69, 9.17) is 15.0 Å². The summed E-state index contributed by atoms with van der Waals surface area (Å²) in [7, 11) is -0.170. The monoisotopic (exact) mass is 321 g/mol. The van der Waals surface area contributed by atoms with Gasteiger partial charge in [0.05, 0.1) is 12.2 Å². The quantitative estimate of drug-likeness (QED) is 0.767. The Hall–Kier alpha value is -0.0551. The minimum Gasteiger partial charge on any atom is -0.404 e. The first-order valence-electron chi connectivity index (χ1n) is 10.2. The summed E-state index contributed by atoms with van der Waals surface area (Å²) in [5.74, 6) is 2.02. The lowest BCUT2D eigenvalue weighted by Crippen LogP contribution is -2.42. The number of hydrogen-bond donors (Lipinski definition) is 1. The highest BCUT2D eigenvalue weighted by molar-refractivity contribution is 6.47. The first-order valence-corrected chi connectivity index (χ1v) is 10.2. The molecule has 0 radical (unpaired) electrons. The van der Waals surface area contributed by atoms with E-state index in [1.165, 1.54) is 64.2 Å². The second kappa shape index (κ2) is 8.35. The Labute approximate surface area is 143 Å². The van der Waals surface area contributed by atoms with E-state index in [0.29, 0.717) is 30.0 Å². The van der Waals surface area contributed by atoms with Crippen LogP contribution in [0, 0.1) is 17.8 Å². The molecule has 1 saturated heterocycles. The normalized spacial score (nSPS) is 32.6. The summed E-state index contributed by atoms with van der Waals surface area (Å²) in [6.07, 6.45) is 15.1. The van der Waals surface area contributed by atoms with Gasteiger partial charge in [-0.15, -0.1) is 0 Å². The van der Waals surface area contributed by atoms with Crippen LogP contribution in [0.4, 0.5) is 0 Å². The maximum Gasteiger partial charge on any atom is 0.475 e. The Morgan fingerprint density at radius 2 is 1.26 bits per heavy atom. The van der Waals surface area contributed by atoms with Crippen molar-refractivity contribution in [2.24, 2.45) is 23.5 Å². The van der Waals surface area contributed by atoms with Gasteiger partial charge in [0.2, 0.25) is 0 Å². The lowest BCUT2D eigenvalue weighted by molar-refractivity contribution is 0.0324. The van der Waals surface area contributed by atoms with Gasteiger partial charge >= 0.3 is 7.12 Å². The van der Waals surface area contributed by atoms with Crippen LogP contribution in [0.15, 0.2) is 0 Å². The van der Waals surface area contributed by atoms with E-state index >= 15 is 0 Å². The van der Waals surface area contributed by atoms with E-state index in [2.05, 4.69) is 13.8 Å². The summed E-state index contributed by atoms with van der Waals surface area (Å²) in [5, 5.41) is 0. The molecule has 4 heteroatoms. The molecular weight excluding hydrogens is 285 g/mol. The maximum atomic E-state index is 6.48. The van der Waals surface area contributed by atoms with Crippen molar-refractivity contribution >= 4 is 7.12 Å². The van der Waals surface area contributed by atoms with E-state index in [1.54, 1.807) is 0 Å². The van der Waals surface area contributed by atoms with Gasteiger partial charge in [0.15, 0.2) is 0 Å². The van der Waals surface area contributed by atoms with Gasteiger partial charge in [-0.25, -0.2) is 0 Å². The summed E-state index contributed by atoms with van der Waals surface area (Å²) < 4.78 is 13.0. The van der Waals surface area contributed by atoms with Gasteiger partial charge in [0.25, 0.3) is 0 Å². The van der Waals surface area contributed by atoms with Gasteiger partial charge in [-0.05, 0) is 49.9 Å². The van der Waals surface area contributed by atoms with Crippen LogP contribution in [0.3, 0.4) is 0 Å². The van der Waals surface area contributed by atoms with E-state index in [-0.39, 0.29) is 13.1 Å². The van der Waals surface area contributed by atoms with Gasteiger partial charge in [-0.2, -0.15) is 0 Å². The first kappa shape index (κ1) is 17.8. The molecule has 2 saturated carbocycles. The van der Waals surface area contributed by atoms with Gasteiger partial charge in [0.1, 0.15) is 0 Å². The van der Waals surface area contributed by atoms with E-state index < -0.39 is 0 Å². The minimum absolute atomic E-state index is 0.0229. The van der Waals surface area contributed by atoms with Crippen molar-refractivity contribution in [1.29, 1.82) is 0 Å². The molecule has 2 aliphatic carbocycles. The van der Waals surface area contributed by atoms with Crippen LogP contribution in [0.2, 0.25) is 0 Å². The largest absolute Gasteiger partial charge is 0.475 e. The Bertz CT molecular complexity index is 327. The third-order valence-electron chi connectivity index (χ3n) is 6.23. The lowest BCUT2D eigenvalue weighted by Gasteiger charge is -2.35. The molecule has 132 valence electrons. The molecule has 3 atom stereocenters. The molecular formula is C19H36BNO2.